The van der Waals surface area contributed by atoms with Gasteiger partial charge in [0.2, 0.25) is 0 Å². The molecule has 2 N–H and O–H groups in total. The zero-order chi connectivity index (χ0) is 27.1. The number of carbonyl (C=O) groups is 3. The smallest absolute Gasteiger partial charge is 0.331 e. The molecule has 1 amide bonds. The number of aryl methyl sites for hydroxylation is 1. The first-order valence-electron chi connectivity index (χ1n) is 11.8. The van der Waals surface area contributed by atoms with Crippen molar-refractivity contribution in [3.05, 3.63) is 63.9 Å². The van der Waals surface area contributed by atoms with Gasteiger partial charge in [0.1, 0.15) is 10.8 Å². The van der Waals surface area contributed by atoms with Crippen LogP contribution in [-0.4, -0.2) is 60.4 Å². The molecule has 3 aromatic rings. The molecule has 1 fully saturated rings. The molecular weight excluding hydrogens is 496 g/mol. The predicted octanol–water partition coefficient (Wildman–Crippen LogP) is 3.77. The van der Waals surface area contributed by atoms with Crippen LogP contribution in [-0.2, 0) is 21.5 Å². The van der Waals surface area contributed by atoms with Crippen molar-refractivity contribution in [3.8, 4) is 5.75 Å². The van der Waals surface area contributed by atoms with Crippen LogP contribution >= 0.6 is 11.3 Å². The lowest BCUT2D eigenvalue weighted by Crippen LogP contribution is -2.56. The quantitative estimate of drug-likeness (QED) is 0.475. The molecule has 3 atom stereocenters. The predicted molar refractivity (Wildman–Crippen MR) is 136 cm³/mol. The fourth-order valence-corrected chi connectivity index (χ4v) is 5.93. The van der Waals surface area contributed by atoms with Crippen LogP contribution in [0.1, 0.15) is 59.0 Å². The summed E-state index contributed by atoms with van der Waals surface area (Å²) in [6, 6.07) is 5.56. The first-order valence-corrected chi connectivity index (χ1v) is 12.6. The van der Waals surface area contributed by atoms with Crippen molar-refractivity contribution < 1.29 is 29.3 Å². The Hall–Kier alpha value is -3.73. The number of amides is 1. The molecule has 2 aromatic heterocycles. The number of rotatable bonds is 7. The average Bonchev–Trinajstić information content (AvgIpc) is 3.57. The normalized spacial score (nSPS) is 21.7. The van der Waals surface area contributed by atoms with Crippen molar-refractivity contribution in [2.24, 2.45) is 5.92 Å². The fourth-order valence-electron chi connectivity index (χ4n) is 5.00. The number of hydrogen-bond acceptors (Lipinski definition) is 7. The molecule has 1 aliphatic heterocycles. The number of ether oxygens (including phenoxy) is 1. The van der Waals surface area contributed by atoms with Crippen LogP contribution in [0.5, 0.6) is 5.75 Å². The molecule has 1 saturated heterocycles. The van der Waals surface area contributed by atoms with Gasteiger partial charge in [0.15, 0.2) is 5.54 Å². The Morgan fingerprint density at radius 2 is 1.97 bits per heavy atom. The van der Waals surface area contributed by atoms with Gasteiger partial charge in [0.25, 0.3) is 5.91 Å². The van der Waals surface area contributed by atoms with Gasteiger partial charge in [0, 0.05) is 29.0 Å². The summed E-state index contributed by atoms with van der Waals surface area (Å²) in [6.45, 7) is 7.66. The number of likely N-dealkylation sites (tertiary alicyclic amines) is 1. The van der Waals surface area contributed by atoms with Crippen LogP contribution in [0.3, 0.4) is 0 Å². The SMILES string of the molecule is COc1cc(C(=O)N2C(c3ncc(C)s3)C(C(=O)O)CC2(Cn2cccn2)C(=O)O)ccc1C(C)(C)C. The van der Waals surface area contributed by atoms with Crippen molar-refractivity contribution in [2.45, 2.75) is 57.7 Å². The molecule has 11 heteroatoms. The van der Waals surface area contributed by atoms with E-state index in [0.717, 1.165) is 10.4 Å². The Morgan fingerprint density at radius 3 is 2.49 bits per heavy atom. The topological polar surface area (TPSA) is 135 Å². The summed E-state index contributed by atoms with van der Waals surface area (Å²) in [7, 11) is 1.51. The van der Waals surface area contributed by atoms with Crippen LogP contribution in [0.2, 0.25) is 0 Å². The van der Waals surface area contributed by atoms with Gasteiger partial charge in [-0.25, -0.2) is 9.78 Å². The average molecular weight is 527 g/mol. The summed E-state index contributed by atoms with van der Waals surface area (Å²) in [6.07, 6.45) is 4.38. The van der Waals surface area contributed by atoms with E-state index in [1.54, 1.807) is 36.7 Å². The Morgan fingerprint density at radius 1 is 1.24 bits per heavy atom. The van der Waals surface area contributed by atoms with Gasteiger partial charge < -0.3 is 19.8 Å². The van der Waals surface area contributed by atoms with E-state index in [4.69, 9.17) is 4.74 Å². The minimum atomic E-state index is -1.88. The van der Waals surface area contributed by atoms with E-state index in [9.17, 15) is 24.6 Å². The number of hydrogen-bond donors (Lipinski definition) is 2. The number of carboxylic acid groups (broad SMARTS) is 2. The number of carboxylic acids is 2. The van der Waals surface area contributed by atoms with Gasteiger partial charge in [-0.05, 0) is 42.5 Å². The molecule has 0 saturated carbocycles. The monoisotopic (exact) mass is 526 g/mol. The maximum absolute atomic E-state index is 14.2. The third-order valence-electron chi connectivity index (χ3n) is 6.74. The highest BCUT2D eigenvalue weighted by Crippen LogP contribution is 2.50. The van der Waals surface area contributed by atoms with Crippen LogP contribution in [0.15, 0.2) is 42.9 Å². The van der Waals surface area contributed by atoms with Crippen molar-refractivity contribution >= 4 is 29.2 Å². The molecule has 37 heavy (non-hydrogen) atoms. The molecule has 1 aliphatic rings. The fraction of sp³-hybridized carbons (Fsp3) is 0.423. The molecule has 0 bridgehead atoms. The lowest BCUT2D eigenvalue weighted by Gasteiger charge is -2.37. The van der Waals surface area contributed by atoms with E-state index in [2.05, 4.69) is 10.1 Å². The van der Waals surface area contributed by atoms with Crippen molar-refractivity contribution in [3.63, 3.8) is 0 Å². The summed E-state index contributed by atoms with van der Waals surface area (Å²) in [4.78, 5) is 46.1. The third-order valence-corrected chi connectivity index (χ3v) is 7.73. The molecule has 3 heterocycles. The van der Waals surface area contributed by atoms with E-state index >= 15 is 0 Å². The maximum atomic E-state index is 14.2. The molecule has 196 valence electrons. The van der Waals surface area contributed by atoms with Crippen molar-refractivity contribution in [2.75, 3.05) is 7.11 Å². The van der Waals surface area contributed by atoms with Crippen LogP contribution in [0.4, 0.5) is 0 Å². The van der Waals surface area contributed by atoms with E-state index in [-0.39, 0.29) is 23.9 Å². The molecule has 0 radical (unpaired) electrons. The van der Waals surface area contributed by atoms with Crippen LogP contribution in [0.25, 0.3) is 0 Å². The van der Waals surface area contributed by atoms with Crippen molar-refractivity contribution in [1.82, 2.24) is 19.7 Å². The summed E-state index contributed by atoms with van der Waals surface area (Å²) >= 11 is 1.25. The number of carbonyl (C=O) groups excluding carboxylic acids is 1. The largest absolute Gasteiger partial charge is 0.496 e. The minimum absolute atomic E-state index is 0.195. The van der Waals surface area contributed by atoms with E-state index < -0.39 is 35.3 Å². The molecule has 0 aliphatic carbocycles. The van der Waals surface area contributed by atoms with Crippen LogP contribution < -0.4 is 4.74 Å². The Balaban J connectivity index is 1.92. The number of methoxy groups -OCH3 is 1. The Kier molecular flexibility index (Phi) is 6.85. The molecule has 1 aromatic carbocycles. The number of nitrogens with zero attached hydrogens (tertiary/aromatic N) is 4. The molecule has 10 nitrogen and oxygen atoms in total. The number of benzene rings is 1. The summed E-state index contributed by atoms with van der Waals surface area (Å²) in [5.74, 6) is -3.81. The molecule has 3 unspecified atom stereocenters. The number of aromatic nitrogens is 3. The standard InChI is InChI=1S/C26H30N4O6S/c1-15-13-27-21(37-15)20-17(23(32)33)12-26(24(34)35,14-29-10-6-9-28-29)30(20)22(31)16-7-8-18(25(2,3)4)19(11-16)36-5/h6-11,13,17,20H,12,14H2,1-5H3,(H,32,33)(H,34,35). The molecule has 0 spiro atoms. The highest BCUT2D eigenvalue weighted by atomic mass is 32.1. The van der Waals surface area contributed by atoms with Gasteiger partial charge in [-0.15, -0.1) is 11.3 Å². The number of aliphatic carboxylic acids is 2. The second-order valence-corrected chi connectivity index (χ2v) is 11.5. The highest BCUT2D eigenvalue weighted by molar-refractivity contribution is 7.11. The summed E-state index contributed by atoms with van der Waals surface area (Å²) in [5, 5.41) is 25.3. The molecule has 4 rings (SSSR count). The minimum Gasteiger partial charge on any atom is -0.496 e. The first-order chi connectivity index (χ1) is 17.4. The zero-order valence-corrected chi connectivity index (χ0v) is 22.2. The van der Waals surface area contributed by atoms with E-state index in [0.29, 0.717) is 10.8 Å². The summed E-state index contributed by atoms with van der Waals surface area (Å²) < 4.78 is 6.99. The van der Waals surface area contributed by atoms with Gasteiger partial charge in [0.05, 0.1) is 25.6 Å². The summed E-state index contributed by atoms with van der Waals surface area (Å²) in [5.41, 5.74) is -1.07. The van der Waals surface area contributed by atoms with E-state index in [1.165, 1.54) is 34.2 Å². The zero-order valence-electron chi connectivity index (χ0n) is 21.3. The van der Waals surface area contributed by atoms with Gasteiger partial charge in [-0.3, -0.25) is 14.3 Å². The van der Waals surface area contributed by atoms with E-state index in [1.807, 2.05) is 27.7 Å². The highest BCUT2D eigenvalue weighted by Gasteiger charge is 2.62. The second-order valence-electron chi connectivity index (χ2n) is 10.3. The van der Waals surface area contributed by atoms with Crippen molar-refractivity contribution in [1.29, 1.82) is 0 Å². The Bertz CT molecular complexity index is 1330. The lowest BCUT2D eigenvalue weighted by molar-refractivity contribution is -0.150. The maximum Gasteiger partial charge on any atom is 0.331 e. The lowest BCUT2D eigenvalue weighted by atomic mass is 9.85. The third kappa shape index (κ3) is 4.71. The van der Waals surface area contributed by atoms with Gasteiger partial charge >= 0.3 is 11.9 Å². The number of thiazole rings is 1. The second kappa shape index (κ2) is 9.62. The van der Waals surface area contributed by atoms with Gasteiger partial charge in [-0.2, -0.15) is 5.10 Å². The Labute approximate surface area is 218 Å². The van der Waals surface area contributed by atoms with Crippen LogP contribution in [0, 0.1) is 12.8 Å². The molecular formula is C26H30N4O6S. The first kappa shape index (κ1) is 26.3. The van der Waals surface area contributed by atoms with Gasteiger partial charge in [-0.1, -0.05) is 26.8 Å².